The summed E-state index contributed by atoms with van der Waals surface area (Å²) in [7, 11) is 0. The average Bonchev–Trinajstić information content (AvgIpc) is 3.58. The Morgan fingerprint density at radius 2 is 0.466 bits per heavy atom. The quantitative estimate of drug-likeness (QED) is 0.0417. The molecule has 0 aromatic carbocycles. The molecule has 0 bridgehead atoms. The molecule has 1 amide bonds. The number of rotatable bonds is 79. The Hall–Kier alpha value is -1.14. The number of nitrogens with one attached hydrogen (secondary N) is 1. The Balaban J connectivity index is 3.31. The maximum absolute atomic E-state index is 12.6. The van der Waals surface area contributed by atoms with E-state index in [9.17, 15) is 19.8 Å². The van der Waals surface area contributed by atoms with Crippen molar-refractivity contribution in [2.24, 2.45) is 0 Å². The van der Waals surface area contributed by atoms with Crippen LogP contribution in [-0.4, -0.2) is 47.4 Å². The van der Waals surface area contributed by atoms with Gasteiger partial charge in [-0.25, -0.2) is 0 Å². The summed E-state index contributed by atoms with van der Waals surface area (Å²) in [6.45, 7) is 5.03. The number of hydrogen-bond acceptors (Lipinski definition) is 5. The molecule has 2 atom stereocenters. The summed E-state index contributed by atoms with van der Waals surface area (Å²) in [5.74, 6) is 0.00293. The first-order valence-electron chi connectivity index (χ1n) is 41.3. The molecular formula is C82H163NO5. The smallest absolute Gasteiger partial charge is 0.305 e. The van der Waals surface area contributed by atoms with E-state index in [0.29, 0.717) is 25.9 Å². The highest BCUT2D eigenvalue weighted by molar-refractivity contribution is 5.76. The van der Waals surface area contributed by atoms with E-state index < -0.39 is 12.1 Å². The van der Waals surface area contributed by atoms with Gasteiger partial charge in [0.05, 0.1) is 25.4 Å². The Morgan fingerprint density at radius 1 is 0.273 bits per heavy atom. The minimum Gasteiger partial charge on any atom is -0.466 e. The molecule has 2 unspecified atom stereocenters. The molecule has 0 aliphatic carbocycles. The molecule has 0 aromatic heterocycles. The van der Waals surface area contributed by atoms with Gasteiger partial charge in [-0.3, -0.25) is 9.59 Å². The first-order chi connectivity index (χ1) is 43.5. The van der Waals surface area contributed by atoms with Crippen molar-refractivity contribution in [1.29, 1.82) is 0 Å². The largest absolute Gasteiger partial charge is 0.466 e. The number of carbonyl (C=O) groups excluding carboxylic acids is 2. The monoisotopic (exact) mass is 1240 g/mol. The summed E-state index contributed by atoms with van der Waals surface area (Å²) in [5.41, 5.74) is 0. The van der Waals surface area contributed by atoms with Crippen molar-refractivity contribution in [3.05, 3.63) is 0 Å². The maximum atomic E-state index is 12.6. The van der Waals surface area contributed by atoms with Gasteiger partial charge in [0.2, 0.25) is 5.91 Å². The van der Waals surface area contributed by atoms with E-state index in [-0.39, 0.29) is 18.5 Å². The zero-order valence-corrected chi connectivity index (χ0v) is 60.5. The molecule has 6 nitrogen and oxygen atoms in total. The van der Waals surface area contributed by atoms with Gasteiger partial charge in [-0.2, -0.15) is 0 Å². The first-order valence-corrected chi connectivity index (χ1v) is 41.3. The fourth-order valence-corrected chi connectivity index (χ4v) is 13.6. The Bertz CT molecular complexity index is 1290. The minimum absolute atomic E-state index is 0.0240. The molecule has 3 N–H and O–H groups in total. The van der Waals surface area contributed by atoms with Gasteiger partial charge >= 0.3 is 5.97 Å². The first kappa shape index (κ1) is 86.9. The average molecular weight is 1240 g/mol. The summed E-state index contributed by atoms with van der Waals surface area (Å²) in [5, 5.41) is 23.5. The van der Waals surface area contributed by atoms with E-state index in [0.717, 1.165) is 38.5 Å². The number of hydrogen-bond donors (Lipinski definition) is 3. The molecule has 0 saturated carbocycles. The zero-order valence-electron chi connectivity index (χ0n) is 60.5. The standard InChI is InChI=1S/C82H163NO5/c1-3-5-7-9-11-13-15-17-19-21-22-23-36-39-43-46-50-54-58-62-66-70-74-80(85)79(78-84)83-81(86)75-71-67-63-59-55-51-47-44-40-37-34-32-30-28-26-24-25-27-29-31-33-35-38-41-45-49-53-57-61-65-69-73-77-88-82(87)76-72-68-64-60-56-52-48-42-20-18-16-14-12-10-8-6-4-2/h79-80,84-85H,3-78H2,1-2H3,(H,83,86). The third-order valence-corrected chi connectivity index (χ3v) is 19.9. The Labute approximate surface area is 553 Å². The number of amides is 1. The SMILES string of the molecule is CCCCCCCCCCCCCCCCCCCCCCCCC(O)C(CO)NC(=O)CCCCCCCCCCCCCCCCCCCCCCCCCCCCCCCCCCOC(=O)CCCCCCCCCCCCCCCCCCC. The number of esters is 1. The molecule has 88 heavy (non-hydrogen) atoms. The lowest BCUT2D eigenvalue weighted by atomic mass is 10.0. The van der Waals surface area contributed by atoms with Crippen LogP contribution in [0.15, 0.2) is 0 Å². The lowest BCUT2D eigenvalue weighted by molar-refractivity contribution is -0.143. The molecule has 0 aliphatic rings. The van der Waals surface area contributed by atoms with Crippen LogP contribution in [0.3, 0.4) is 0 Å². The Kier molecular flexibility index (Phi) is 77.3. The summed E-state index contributed by atoms with van der Waals surface area (Å²) >= 11 is 0. The second kappa shape index (κ2) is 78.3. The molecule has 0 rings (SSSR count). The van der Waals surface area contributed by atoms with E-state index in [4.69, 9.17) is 4.74 Å². The molecule has 0 fully saturated rings. The highest BCUT2D eigenvalue weighted by atomic mass is 16.5. The van der Waals surface area contributed by atoms with Gasteiger partial charge in [0.1, 0.15) is 0 Å². The van der Waals surface area contributed by atoms with Crippen LogP contribution in [0.25, 0.3) is 0 Å². The molecular weight excluding hydrogens is 1080 g/mol. The number of ether oxygens (including phenoxy) is 1. The summed E-state index contributed by atoms with van der Waals surface area (Å²) in [6, 6.07) is -0.538. The van der Waals surface area contributed by atoms with Crippen molar-refractivity contribution in [3.63, 3.8) is 0 Å². The molecule has 0 spiro atoms. The molecule has 0 saturated heterocycles. The van der Waals surface area contributed by atoms with Crippen molar-refractivity contribution in [3.8, 4) is 0 Å². The fourth-order valence-electron chi connectivity index (χ4n) is 13.6. The topological polar surface area (TPSA) is 95.9 Å². The number of aliphatic hydroxyl groups is 2. The molecule has 0 heterocycles. The van der Waals surface area contributed by atoms with Crippen molar-refractivity contribution >= 4 is 11.9 Å². The summed E-state index contributed by atoms with van der Waals surface area (Å²) in [4.78, 5) is 24.7. The van der Waals surface area contributed by atoms with E-state index in [1.165, 1.54) is 417 Å². The van der Waals surface area contributed by atoms with E-state index in [1.54, 1.807) is 0 Å². The van der Waals surface area contributed by atoms with Gasteiger partial charge < -0.3 is 20.3 Å². The van der Waals surface area contributed by atoms with Gasteiger partial charge in [-0.1, -0.05) is 450 Å². The van der Waals surface area contributed by atoms with E-state index >= 15 is 0 Å². The number of carbonyl (C=O) groups is 2. The molecule has 0 aliphatic heterocycles. The highest BCUT2D eigenvalue weighted by Crippen LogP contribution is 2.21. The van der Waals surface area contributed by atoms with Gasteiger partial charge in [0.15, 0.2) is 0 Å². The van der Waals surface area contributed by atoms with Crippen molar-refractivity contribution in [2.75, 3.05) is 13.2 Å². The molecule has 6 heteroatoms. The van der Waals surface area contributed by atoms with Crippen LogP contribution in [0.1, 0.15) is 489 Å². The zero-order chi connectivity index (χ0) is 63.5. The van der Waals surface area contributed by atoms with Crippen molar-refractivity contribution in [2.45, 2.75) is 501 Å². The van der Waals surface area contributed by atoms with E-state index in [1.807, 2.05) is 0 Å². The Morgan fingerprint density at radius 3 is 0.693 bits per heavy atom. The van der Waals surface area contributed by atoms with Crippen LogP contribution < -0.4 is 5.32 Å². The van der Waals surface area contributed by atoms with Gasteiger partial charge in [0.25, 0.3) is 0 Å². The van der Waals surface area contributed by atoms with Gasteiger partial charge in [-0.05, 0) is 25.7 Å². The minimum atomic E-state index is -0.661. The molecule has 0 aromatic rings. The highest BCUT2D eigenvalue weighted by Gasteiger charge is 2.20. The molecule has 526 valence electrons. The van der Waals surface area contributed by atoms with Crippen LogP contribution in [0.2, 0.25) is 0 Å². The van der Waals surface area contributed by atoms with Crippen molar-refractivity contribution in [1.82, 2.24) is 5.32 Å². The van der Waals surface area contributed by atoms with Crippen LogP contribution >= 0.6 is 0 Å². The lowest BCUT2D eigenvalue weighted by Crippen LogP contribution is -2.45. The number of aliphatic hydroxyl groups excluding tert-OH is 2. The van der Waals surface area contributed by atoms with Crippen LogP contribution in [0.5, 0.6) is 0 Å². The predicted molar refractivity (Wildman–Crippen MR) is 389 cm³/mol. The van der Waals surface area contributed by atoms with Gasteiger partial charge in [-0.15, -0.1) is 0 Å². The van der Waals surface area contributed by atoms with Crippen molar-refractivity contribution < 1.29 is 24.5 Å². The fraction of sp³-hybridized carbons (Fsp3) is 0.976. The predicted octanol–water partition coefficient (Wildman–Crippen LogP) is 27.3. The third-order valence-electron chi connectivity index (χ3n) is 19.9. The molecule has 0 radical (unpaired) electrons. The second-order valence-corrected chi connectivity index (χ2v) is 28.8. The van der Waals surface area contributed by atoms with E-state index in [2.05, 4.69) is 19.2 Å². The van der Waals surface area contributed by atoms with Crippen LogP contribution in [0.4, 0.5) is 0 Å². The summed E-state index contributed by atoms with van der Waals surface area (Å²) in [6.07, 6.45) is 97.8. The second-order valence-electron chi connectivity index (χ2n) is 28.8. The van der Waals surface area contributed by atoms with Crippen LogP contribution in [0, 0.1) is 0 Å². The normalized spacial score (nSPS) is 12.4. The third kappa shape index (κ3) is 73.9. The summed E-state index contributed by atoms with van der Waals surface area (Å²) < 4.78 is 5.52. The lowest BCUT2D eigenvalue weighted by Gasteiger charge is -2.22. The van der Waals surface area contributed by atoms with Crippen LogP contribution in [-0.2, 0) is 14.3 Å². The number of unbranched alkanes of at least 4 members (excludes halogenated alkanes) is 68. The van der Waals surface area contributed by atoms with Gasteiger partial charge in [0, 0.05) is 12.8 Å². The maximum Gasteiger partial charge on any atom is 0.305 e.